The third-order valence-electron chi connectivity index (χ3n) is 4.32. The van der Waals surface area contributed by atoms with E-state index in [2.05, 4.69) is 12.2 Å². The Morgan fingerprint density at radius 2 is 1.78 bits per heavy atom. The fraction of sp³-hybridized carbons (Fsp3) is 0.917. The Bertz CT molecular complexity index is 399. The first-order valence-corrected chi connectivity index (χ1v) is 8.52. The van der Waals surface area contributed by atoms with E-state index in [1.54, 1.807) is 4.90 Å². The van der Waals surface area contributed by atoms with Crippen LogP contribution in [0.2, 0.25) is 0 Å². The number of hydrogen-bond donors (Lipinski definition) is 1. The van der Waals surface area contributed by atoms with Crippen molar-refractivity contribution in [1.82, 2.24) is 10.2 Å². The van der Waals surface area contributed by atoms with Gasteiger partial charge in [0.15, 0.2) is 9.84 Å². The molecule has 0 aromatic heterocycles. The zero-order valence-electron chi connectivity index (χ0n) is 10.9. The first kappa shape index (κ1) is 13.8. The number of piperidine rings is 1. The van der Waals surface area contributed by atoms with Gasteiger partial charge in [-0.15, -0.1) is 0 Å². The Hall–Kier alpha value is -0.620. The molecular weight excluding hydrogens is 252 g/mol. The molecule has 2 fully saturated rings. The molecule has 2 saturated heterocycles. The van der Waals surface area contributed by atoms with Crippen LogP contribution in [0.25, 0.3) is 0 Å². The Kier molecular flexibility index (Phi) is 3.96. The van der Waals surface area contributed by atoms with E-state index < -0.39 is 9.84 Å². The van der Waals surface area contributed by atoms with Crippen LogP contribution in [0.3, 0.4) is 0 Å². The van der Waals surface area contributed by atoms with E-state index in [9.17, 15) is 13.2 Å². The highest BCUT2D eigenvalue weighted by Crippen LogP contribution is 2.35. The van der Waals surface area contributed by atoms with Crippen LogP contribution < -0.4 is 5.32 Å². The predicted octanol–water partition coefficient (Wildman–Crippen LogP) is 0.0232. The van der Waals surface area contributed by atoms with Crippen LogP contribution in [0.4, 0.5) is 0 Å². The number of amides is 1. The molecule has 0 aromatic rings. The molecular formula is C12H22N2O3S. The lowest BCUT2D eigenvalue weighted by Crippen LogP contribution is -2.53. The van der Waals surface area contributed by atoms with E-state index in [1.165, 1.54) is 0 Å². The number of hydrogen-bond acceptors (Lipinski definition) is 4. The van der Waals surface area contributed by atoms with Crippen molar-refractivity contribution in [1.29, 1.82) is 0 Å². The van der Waals surface area contributed by atoms with Gasteiger partial charge in [0.25, 0.3) is 0 Å². The van der Waals surface area contributed by atoms with Crippen LogP contribution in [0.15, 0.2) is 0 Å². The molecule has 0 unspecified atom stereocenters. The van der Waals surface area contributed by atoms with E-state index >= 15 is 0 Å². The summed E-state index contributed by atoms with van der Waals surface area (Å²) in [5, 5.41) is 3.28. The third-order valence-corrected chi connectivity index (χ3v) is 5.93. The van der Waals surface area contributed by atoms with Gasteiger partial charge in [-0.1, -0.05) is 6.92 Å². The first-order chi connectivity index (χ1) is 8.49. The number of carbonyl (C=O) groups is 1. The number of rotatable bonds is 2. The summed E-state index contributed by atoms with van der Waals surface area (Å²) in [5.74, 6) is 0.412. The molecule has 6 heteroatoms. The van der Waals surface area contributed by atoms with E-state index in [-0.39, 0.29) is 22.8 Å². The Balaban J connectivity index is 2.06. The zero-order valence-corrected chi connectivity index (χ0v) is 11.8. The molecule has 2 aliphatic rings. The average molecular weight is 274 g/mol. The second-order valence-electron chi connectivity index (χ2n) is 5.33. The van der Waals surface area contributed by atoms with Crippen molar-refractivity contribution < 1.29 is 13.2 Å². The highest BCUT2D eigenvalue weighted by atomic mass is 32.2. The minimum atomic E-state index is -2.91. The van der Waals surface area contributed by atoms with Crippen LogP contribution in [-0.4, -0.2) is 56.9 Å². The average Bonchev–Trinajstić information content (AvgIpc) is 2.39. The normalized spacial score (nSPS) is 26.8. The molecule has 0 bridgehead atoms. The van der Waals surface area contributed by atoms with Gasteiger partial charge in [-0.2, -0.15) is 0 Å². The summed E-state index contributed by atoms with van der Waals surface area (Å²) in [6.07, 6.45) is 2.58. The molecule has 2 rings (SSSR count). The lowest BCUT2D eigenvalue weighted by Gasteiger charge is -2.40. The topological polar surface area (TPSA) is 66.5 Å². The van der Waals surface area contributed by atoms with Gasteiger partial charge in [-0.3, -0.25) is 4.79 Å². The molecule has 0 saturated carbocycles. The summed E-state index contributed by atoms with van der Waals surface area (Å²) in [6, 6.07) is 0. The van der Waals surface area contributed by atoms with Crippen LogP contribution >= 0.6 is 0 Å². The number of sulfone groups is 1. The van der Waals surface area contributed by atoms with Gasteiger partial charge in [0, 0.05) is 13.1 Å². The molecule has 0 aliphatic carbocycles. The smallest absolute Gasteiger partial charge is 0.228 e. The van der Waals surface area contributed by atoms with Crippen molar-refractivity contribution in [3.8, 4) is 0 Å². The highest BCUT2D eigenvalue weighted by Gasteiger charge is 2.41. The summed E-state index contributed by atoms with van der Waals surface area (Å²) in [7, 11) is -2.91. The van der Waals surface area contributed by atoms with Crippen molar-refractivity contribution in [2.45, 2.75) is 26.2 Å². The summed E-state index contributed by atoms with van der Waals surface area (Å²) in [5.41, 5.74) is -0.258. The van der Waals surface area contributed by atoms with Gasteiger partial charge >= 0.3 is 0 Å². The van der Waals surface area contributed by atoms with Crippen LogP contribution in [0, 0.1) is 5.41 Å². The van der Waals surface area contributed by atoms with Crippen LogP contribution in [0.5, 0.6) is 0 Å². The molecule has 0 radical (unpaired) electrons. The maximum Gasteiger partial charge on any atom is 0.228 e. The van der Waals surface area contributed by atoms with Gasteiger partial charge < -0.3 is 10.2 Å². The quantitative estimate of drug-likeness (QED) is 0.771. The molecule has 5 nitrogen and oxygen atoms in total. The fourth-order valence-corrected chi connectivity index (χ4v) is 4.08. The largest absolute Gasteiger partial charge is 0.340 e. The van der Waals surface area contributed by atoms with Crippen LogP contribution in [-0.2, 0) is 14.6 Å². The van der Waals surface area contributed by atoms with Crippen LogP contribution in [0.1, 0.15) is 26.2 Å². The minimum absolute atomic E-state index is 0.122. The van der Waals surface area contributed by atoms with Gasteiger partial charge in [-0.05, 0) is 32.4 Å². The highest BCUT2D eigenvalue weighted by molar-refractivity contribution is 7.91. The van der Waals surface area contributed by atoms with Crippen molar-refractivity contribution >= 4 is 15.7 Å². The summed E-state index contributed by atoms with van der Waals surface area (Å²) < 4.78 is 22.8. The molecule has 0 atom stereocenters. The van der Waals surface area contributed by atoms with E-state index in [0.717, 1.165) is 32.4 Å². The molecule has 104 valence electrons. The summed E-state index contributed by atoms with van der Waals surface area (Å²) >= 11 is 0. The standard InChI is InChI=1S/C12H22N2O3S/c1-2-12(3-5-13-6-4-12)11(15)14-7-9-18(16,17)10-8-14/h13H,2-10H2,1H3. The zero-order chi connectivity index (χ0) is 13.2. The molecule has 2 heterocycles. The lowest BCUT2D eigenvalue weighted by molar-refractivity contribution is -0.143. The maximum absolute atomic E-state index is 12.6. The summed E-state index contributed by atoms with van der Waals surface area (Å²) in [4.78, 5) is 14.4. The molecule has 0 spiro atoms. The minimum Gasteiger partial charge on any atom is -0.340 e. The fourth-order valence-electron chi connectivity index (χ4n) is 2.87. The van der Waals surface area contributed by atoms with Gasteiger partial charge in [0.1, 0.15) is 0 Å². The van der Waals surface area contributed by atoms with E-state index in [4.69, 9.17) is 0 Å². The second kappa shape index (κ2) is 5.17. The molecule has 1 N–H and O–H groups in total. The summed E-state index contributed by atoms with van der Waals surface area (Å²) in [6.45, 7) is 4.56. The van der Waals surface area contributed by atoms with Gasteiger partial charge in [0.05, 0.1) is 16.9 Å². The van der Waals surface area contributed by atoms with E-state index in [0.29, 0.717) is 13.1 Å². The Morgan fingerprint density at radius 3 is 2.28 bits per heavy atom. The van der Waals surface area contributed by atoms with Crippen molar-refractivity contribution in [2.75, 3.05) is 37.7 Å². The van der Waals surface area contributed by atoms with Crippen molar-refractivity contribution in [3.63, 3.8) is 0 Å². The number of carbonyl (C=O) groups excluding carboxylic acids is 1. The van der Waals surface area contributed by atoms with Gasteiger partial charge in [-0.25, -0.2) is 8.42 Å². The monoisotopic (exact) mass is 274 g/mol. The van der Waals surface area contributed by atoms with E-state index in [1.807, 2.05) is 0 Å². The molecule has 0 aromatic carbocycles. The molecule has 1 amide bonds. The van der Waals surface area contributed by atoms with Crippen molar-refractivity contribution in [3.05, 3.63) is 0 Å². The maximum atomic E-state index is 12.6. The first-order valence-electron chi connectivity index (χ1n) is 6.70. The lowest BCUT2D eigenvalue weighted by atomic mass is 9.75. The Morgan fingerprint density at radius 1 is 1.22 bits per heavy atom. The number of nitrogens with one attached hydrogen (secondary N) is 1. The molecule has 2 aliphatic heterocycles. The number of nitrogens with zero attached hydrogens (tertiary/aromatic N) is 1. The molecule has 18 heavy (non-hydrogen) atoms. The second-order valence-corrected chi connectivity index (χ2v) is 7.63. The predicted molar refractivity (Wildman–Crippen MR) is 70.1 cm³/mol. The Labute approximate surface area is 109 Å². The van der Waals surface area contributed by atoms with Crippen molar-refractivity contribution in [2.24, 2.45) is 5.41 Å². The third kappa shape index (κ3) is 2.69. The SMILES string of the molecule is CCC1(C(=O)N2CCS(=O)(=O)CC2)CCNCC1. The van der Waals surface area contributed by atoms with Gasteiger partial charge in [0.2, 0.25) is 5.91 Å².